The number of hydrogen-bond acceptors (Lipinski definition) is 4. The molecule has 4 heteroatoms. The Morgan fingerprint density at radius 3 is 2.45 bits per heavy atom. The van der Waals surface area contributed by atoms with Crippen LogP contribution >= 0.6 is 0 Å². The Kier molecular flexibility index (Phi) is 2.14. The molecule has 0 spiro atoms. The maximum absolute atomic E-state index is 5.06. The second-order valence-corrected chi connectivity index (χ2v) is 2.48. The predicted octanol–water partition coefficient (Wildman–Crippen LogP) is 0.862. The fourth-order valence-corrected chi connectivity index (χ4v) is 0.818. The van der Waals surface area contributed by atoms with Crippen molar-refractivity contribution in [1.82, 2.24) is 10.6 Å². The van der Waals surface area contributed by atoms with Gasteiger partial charge in [-0.15, -0.1) is 0 Å². The van der Waals surface area contributed by atoms with Gasteiger partial charge in [-0.3, -0.25) is 5.01 Å². The van der Waals surface area contributed by atoms with Crippen molar-refractivity contribution in [3.8, 4) is 0 Å². The molecular weight excluding hydrogens is 142 g/mol. The van der Waals surface area contributed by atoms with E-state index in [0.29, 0.717) is 0 Å². The van der Waals surface area contributed by atoms with Crippen LogP contribution in [-0.4, -0.2) is 19.3 Å². The van der Waals surface area contributed by atoms with Gasteiger partial charge in [-0.1, -0.05) is 5.16 Å². The van der Waals surface area contributed by atoms with Gasteiger partial charge in [0, 0.05) is 19.7 Å². The first-order chi connectivity index (χ1) is 5.16. The van der Waals surface area contributed by atoms with E-state index in [0.717, 1.165) is 17.1 Å². The SMILES string of the molecule is CNN(C)c1onc(C)c1C. The molecule has 0 aromatic carbocycles. The molecule has 1 rings (SSSR count). The van der Waals surface area contributed by atoms with Gasteiger partial charge in [0.2, 0.25) is 5.88 Å². The summed E-state index contributed by atoms with van der Waals surface area (Å²) >= 11 is 0. The molecule has 1 N–H and O–H groups in total. The lowest BCUT2D eigenvalue weighted by Gasteiger charge is -2.13. The lowest BCUT2D eigenvalue weighted by atomic mass is 10.3. The second-order valence-electron chi connectivity index (χ2n) is 2.48. The van der Waals surface area contributed by atoms with Crippen LogP contribution in [0.1, 0.15) is 11.3 Å². The zero-order valence-electron chi connectivity index (χ0n) is 7.30. The van der Waals surface area contributed by atoms with Crippen LogP contribution in [0.5, 0.6) is 0 Å². The van der Waals surface area contributed by atoms with E-state index in [1.165, 1.54) is 0 Å². The molecule has 11 heavy (non-hydrogen) atoms. The summed E-state index contributed by atoms with van der Waals surface area (Å²) in [6.45, 7) is 3.90. The summed E-state index contributed by atoms with van der Waals surface area (Å²) in [5, 5.41) is 5.62. The lowest BCUT2D eigenvalue weighted by Crippen LogP contribution is -2.30. The number of nitrogens with zero attached hydrogens (tertiary/aromatic N) is 2. The van der Waals surface area contributed by atoms with Crippen molar-refractivity contribution >= 4 is 5.88 Å². The Bertz CT molecular complexity index is 244. The third-order valence-corrected chi connectivity index (χ3v) is 1.77. The Balaban J connectivity index is 2.94. The van der Waals surface area contributed by atoms with E-state index in [1.54, 1.807) is 5.01 Å². The third-order valence-electron chi connectivity index (χ3n) is 1.77. The fraction of sp³-hybridized carbons (Fsp3) is 0.571. The Morgan fingerprint density at radius 2 is 2.09 bits per heavy atom. The number of aromatic nitrogens is 1. The minimum Gasteiger partial charge on any atom is -0.337 e. The first kappa shape index (κ1) is 8.07. The summed E-state index contributed by atoms with van der Waals surface area (Å²) < 4.78 is 5.06. The van der Waals surface area contributed by atoms with Gasteiger partial charge < -0.3 is 4.52 Å². The molecule has 0 atom stereocenters. The van der Waals surface area contributed by atoms with E-state index in [9.17, 15) is 0 Å². The van der Waals surface area contributed by atoms with Gasteiger partial charge in [0.25, 0.3) is 0 Å². The summed E-state index contributed by atoms with van der Waals surface area (Å²) in [4.78, 5) is 0. The van der Waals surface area contributed by atoms with Crippen molar-refractivity contribution in [3.63, 3.8) is 0 Å². The van der Waals surface area contributed by atoms with E-state index in [1.807, 2.05) is 27.9 Å². The van der Waals surface area contributed by atoms with Crippen molar-refractivity contribution < 1.29 is 4.52 Å². The van der Waals surface area contributed by atoms with Gasteiger partial charge in [-0.2, -0.15) is 0 Å². The molecule has 1 aromatic rings. The third kappa shape index (κ3) is 1.35. The Hall–Kier alpha value is -1.03. The molecule has 0 unspecified atom stereocenters. The van der Waals surface area contributed by atoms with Crippen molar-refractivity contribution in [3.05, 3.63) is 11.3 Å². The number of anilines is 1. The highest BCUT2D eigenvalue weighted by molar-refractivity contribution is 5.42. The Labute approximate surface area is 66.1 Å². The van der Waals surface area contributed by atoms with Crippen LogP contribution in [0.15, 0.2) is 4.52 Å². The molecule has 0 fully saturated rings. The molecular formula is C7H13N3O. The predicted molar refractivity (Wildman–Crippen MR) is 43.4 cm³/mol. The molecule has 0 aliphatic heterocycles. The van der Waals surface area contributed by atoms with Crippen molar-refractivity contribution in [1.29, 1.82) is 0 Å². The molecule has 62 valence electrons. The van der Waals surface area contributed by atoms with E-state index in [2.05, 4.69) is 10.6 Å². The van der Waals surface area contributed by atoms with Gasteiger partial charge >= 0.3 is 0 Å². The van der Waals surface area contributed by atoms with Gasteiger partial charge in [0.15, 0.2) is 0 Å². The molecule has 0 saturated carbocycles. The number of hydrazine groups is 1. The highest BCUT2D eigenvalue weighted by Gasteiger charge is 2.10. The summed E-state index contributed by atoms with van der Waals surface area (Å²) in [7, 11) is 3.71. The van der Waals surface area contributed by atoms with Crippen LogP contribution in [-0.2, 0) is 0 Å². The molecule has 4 nitrogen and oxygen atoms in total. The lowest BCUT2D eigenvalue weighted by molar-refractivity contribution is 0.409. The maximum Gasteiger partial charge on any atom is 0.244 e. The van der Waals surface area contributed by atoms with Crippen LogP contribution in [0, 0.1) is 13.8 Å². The summed E-state index contributed by atoms with van der Waals surface area (Å²) in [6, 6.07) is 0. The van der Waals surface area contributed by atoms with E-state index in [-0.39, 0.29) is 0 Å². The molecule has 0 aliphatic carbocycles. The van der Waals surface area contributed by atoms with Crippen molar-refractivity contribution in [2.24, 2.45) is 0 Å². The number of aryl methyl sites for hydroxylation is 1. The minimum atomic E-state index is 0.769. The van der Waals surface area contributed by atoms with Crippen molar-refractivity contribution in [2.75, 3.05) is 19.1 Å². The molecule has 0 amide bonds. The quantitative estimate of drug-likeness (QED) is 0.643. The smallest absolute Gasteiger partial charge is 0.244 e. The Morgan fingerprint density at radius 1 is 1.45 bits per heavy atom. The van der Waals surface area contributed by atoms with Gasteiger partial charge in [0.05, 0.1) is 5.69 Å². The number of rotatable bonds is 2. The van der Waals surface area contributed by atoms with Crippen LogP contribution in [0.3, 0.4) is 0 Å². The maximum atomic E-state index is 5.06. The van der Waals surface area contributed by atoms with Gasteiger partial charge in [0.1, 0.15) is 0 Å². The zero-order chi connectivity index (χ0) is 8.43. The van der Waals surface area contributed by atoms with Crippen LogP contribution in [0.4, 0.5) is 5.88 Å². The highest BCUT2D eigenvalue weighted by Crippen LogP contribution is 2.19. The average molecular weight is 155 g/mol. The van der Waals surface area contributed by atoms with Crippen LogP contribution in [0.2, 0.25) is 0 Å². The molecule has 1 aromatic heterocycles. The molecule has 0 radical (unpaired) electrons. The van der Waals surface area contributed by atoms with E-state index >= 15 is 0 Å². The number of nitrogens with one attached hydrogen (secondary N) is 1. The topological polar surface area (TPSA) is 41.3 Å². The van der Waals surface area contributed by atoms with Crippen LogP contribution < -0.4 is 10.4 Å². The molecule has 0 aliphatic rings. The molecule has 0 saturated heterocycles. The molecule has 0 bridgehead atoms. The van der Waals surface area contributed by atoms with Gasteiger partial charge in [-0.05, 0) is 13.8 Å². The highest BCUT2D eigenvalue weighted by atomic mass is 16.5. The van der Waals surface area contributed by atoms with E-state index in [4.69, 9.17) is 4.52 Å². The summed E-state index contributed by atoms with van der Waals surface area (Å²) in [5.41, 5.74) is 4.94. The molecule has 1 heterocycles. The largest absolute Gasteiger partial charge is 0.337 e. The summed E-state index contributed by atoms with van der Waals surface area (Å²) in [6.07, 6.45) is 0. The minimum absolute atomic E-state index is 0.769. The summed E-state index contributed by atoms with van der Waals surface area (Å²) in [5.74, 6) is 0.769. The first-order valence-corrected chi connectivity index (χ1v) is 3.50. The van der Waals surface area contributed by atoms with Crippen LogP contribution in [0.25, 0.3) is 0 Å². The van der Waals surface area contributed by atoms with Crippen molar-refractivity contribution in [2.45, 2.75) is 13.8 Å². The fourth-order valence-electron chi connectivity index (χ4n) is 0.818. The standard InChI is InChI=1S/C7H13N3O/c1-5-6(2)9-11-7(5)10(4)8-3/h8H,1-4H3. The monoisotopic (exact) mass is 155 g/mol. The normalized spacial score (nSPS) is 10.2. The second kappa shape index (κ2) is 2.92. The first-order valence-electron chi connectivity index (χ1n) is 3.50. The van der Waals surface area contributed by atoms with E-state index < -0.39 is 0 Å². The number of hydrogen-bond donors (Lipinski definition) is 1. The van der Waals surface area contributed by atoms with Gasteiger partial charge in [-0.25, -0.2) is 5.43 Å². The zero-order valence-corrected chi connectivity index (χ0v) is 7.30. The average Bonchev–Trinajstić information content (AvgIpc) is 2.32.